The van der Waals surface area contributed by atoms with Crippen LogP contribution in [0.25, 0.3) is 0 Å². The van der Waals surface area contributed by atoms with Gasteiger partial charge in [0.25, 0.3) is 0 Å². The van der Waals surface area contributed by atoms with Gasteiger partial charge < -0.3 is 19.7 Å². The molecule has 0 aliphatic rings. The number of ether oxygens (including phenoxy) is 2. The van der Waals surface area contributed by atoms with Crippen molar-refractivity contribution >= 4 is 11.9 Å². The molecular formula is C13H14O6. The highest BCUT2D eigenvalue weighted by atomic mass is 16.6. The van der Waals surface area contributed by atoms with Gasteiger partial charge in [0, 0.05) is 6.08 Å². The highest BCUT2D eigenvalue weighted by molar-refractivity contribution is 5.89. The molecule has 6 nitrogen and oxygen atoms in total. The molecule has 1 atom stereocenters. The monoisotopic (exact) mass is 266 g/mol. The van der Waals surface area contributed by atoms with E-state index in [1.807, 2.05) is 0 Å². The number of hydrogen-bond donors (Lipinski definition) is 2. The van der Waals surface area contributed by atoms with Crippen LogP contribution >= 0.6 is 0 Å². The van der Waals surface area contributed by atoms with Crippen molar-refractivity contribution in [3.63, 3.8) is 0 Å². The van der Waals surface area contributed by atoms with E-state index < -0.39 is 18.0 Å². The average Bonchev–Trinajstić information content (AvgIpc) is 2.42. The molecule has 1 aromatic rings. The topological polar surface area (TPSA) is 93.1 Å². The Morgan fingerprint density at radius 3 is 2.37 bits per heavy atom. The molecule has 1 aromatic carbocycles. The summed E-state index contributed by atoms with van der Waals surface area (Å²) in [7, 11) is 0. The van der Waals surface area contributed by atoms with Gasteiger partial charge in [-0.3, -0.25) is 0 Å². The Morgan fingerprint density at radius 2 is 1.79 bits per heavy atom. The molecule has 0 saturated carbocycles. The van der Waals surface area contributed by atoms with Gasteiger partial charge in [0.15, 0.2) is 0 Å². The van der Waals surface area contributed by atoms with E-state index in [2.05, 4.69) is 11.3 Å². The third-order valence-corrected chi connectivity index (χ3v) is 2.09. The van der Waals surface area contributed by atoms with Gasteiger partial charge in [-0.15, -0.1) is 0 Å². The number of carbonyl (C=O) groups excluding carboxylic acids is 2. The van der Waals surface area contributed by atoms with Crippen molar-refractivity contribution in [2.45, 2.75) is 6.10 Å². The van der Waals surface area contributed by atoms with Gasteiger partial charge in [-0.1, -0.05) is 6.58 Å². The molecule has 0 aliphatic carbocycles. The lowest BCUT2D eigenvalue weighted by atomic mass is 10.2. The molecule has 0 heterocycles. The molecule has 2 N–H and O–H groups in total. The van der Waals surface area contributed by atoms with Gasteiger partial charge in [0.1, 0.15) is 25.1 Å². The molecule has 0 radical (unpaired) electrons. The second kappa shape index (κ2) is 7.17. The lowest BCUT2D eigenvalue weighted by molar-refractivity contribution is -0.141. The third-order valence-electron chi connectivity index (χ3n) is 2.09. The van der Waals surface area contributed by atoms with Gasteiger partial charge in [0.2, 0.25) is 0 Å². The van der Waals surface area contributed by atoms with Gasteiger partial charge in [-0.2, -0.15) is 0 Å². The summed E-state index contributed by atoms with van der Waals surface area (Å²) in [6.45, 7) is 2.61. The summed E-state index contributed by atoms with van der Waals surface area (Å²) in [5, 5.41) is 18.5. The molecule has 0 bridgehead atoms. The molecular weight excluding hydrogens is 252 g/mol. The van der Waals surface area contributed by atoms with Crippen molar-refractivity contribution in [3.8, 4) is 5.75 Å². The van der Waals surface area contributed by atoms with Crippen LogP contribution in [0.4, 0.5) is 0 Å². The molecule has 0 spiro atoms. The Morgan fingerprint density at radius 1 is 1.21 bits per heavy atom. The fourth-order valence-corrected chi connectivity index (χ4v) is 1.14. The standard InChI is InChI=1S/C13H14O6/c1-2-12(16)18-7-11(15)8-19-13(17)9-3-5-10(14)6-4-9/h2-6,11,14-15H,1,7-8H2. The van der Waals surface area contributed by atoms with Crippen LogP contribution in [0, 0.1) is 0 Å². The minimum atomic E-state index is -1.11. The summed E-state index contributed by atoms with van der Waals surface area (Å²) in [6.07, 6.45) is -0.139. The molecule has 0 amide bonds. The van der Waals surface area contributed by atoms with Crippen molar-refractivity contribution < 1.29 is 29.3 Å². The zero-order valence-corrected chi connectivity index (χ0v) is 10.1. The molecule has 0 fully saturated rings. The van der Waals surface area contributed by atoms with Crippen molar-refractivity contribution in [3.05, 3.63) is 42.5 Å². The van der Waals surface area contributed by atoms with E-state index in [1.54, 1.807) is 0 Å². The number of phenols is 1. The van der Waals surface area contributed by atoms with E-state index >= 15 is 0 Å². The number of carbonyl (C=O) groups is 2. The van der Waals surface area contributed by atoms with Crippen LogP contribution in [0.1, 0.15) is 10.4 Å². The third kappa shape index (κ3) is 5.22. The summed E-state index contributed by atoms with van der Waals surface area (Å²) < 4.78 is 9.38. The van der Waals surface area contributed by atoms with Crippen LogP contribution in [-0.4, -0.2) is 41.5 Å². The first-order chi connectivity index (χ1) is 9.02. The Kier molecular flexibility index (Phi) is 5.56. The number of aliphatic hydroxyl groups excluding tert-OH is 1. The zero-order chi connectivity index (χ0) is 14.3. The van der Waals surface area contributed by atoms with Gasteiger partial charge in [-0.05, 0) is 24.3 Å². The second-order valence-corrected chi connectivity index (χ2v) is 3.63. The maximum absolute atomic E-state index is 11.5. The molecule has 19 heavy (non-hydrogen) atoms. The lowest BCUT2D eigenvalue weighted by Crippen LogP contribution is -2.25. The van der Waals surface area contributed by atoms with Crippen LogP contribution in [0.5, 0.6) is 5.75 Å². The first kappa shape index (κ1) is 14.7. The van der Waals surface area contributed by atoms with Gasteiger partial charge in [-0.25, -0.2) is 9.59 Å². The maximum Gasteiger partial charge on any atom is 0.338 e. The predicted octanol–water partition coefficient (Wildman–Crippen LogP) is 0.639. The zero-order valence-electron chi connectivity index (χ0n) is 10.1. The summed E-state index contributed by atoms with van der Waals surface area (Å²) >= 11 is 0. The lowest BCUT2D eigenvalue weighted by Gasteiger charge is -2.11. The molecule has 0 aromatic heterocycles. The van der Waals surface area contributed by atoms with E-state index in [-0.39, 0.29) is 24.5 Å². The molecule has 1 unspecified atom stereocenters. The van der Waals surface area contributed by atoms with E-state index in [9.17, 15) is 14.7 Å². The number of aromatic hydroxyl groups is 1. The minimum Gasteiger partial charge on any atom is -0.508 e. The van der Waals surface area contributed by atoms with Crippen LogP contribution < -0.4 is 0 Å². The van der Waals surface area contributed by atoms with E-state index in [1.165, 1.54) is 24.3 Å². The normalized spacial score (nSPS) is 11.4. The largest absolute Gasteiger partial charge is 0.508 e. The van der Waals surface area contributed by atoms with E-state index in [0.717, 1.165) is 6.08 Å². The van der Waals surface area contributed by atoms with Crippen LogP contribution in [0.2, 0.25) is 0 Å². The average molecular weight is 266 g/mol. The highest BCUT2D eigenvalue weighted by Gasteiger charge is 2.12. The van der Waals surface area contributed by atoms with E-state index in [4.69, 9.17) is 9.84 Å². The summed E-state index contributed by atoms with van der Waals surface area (Å²) in [5.74, 6) is -1.27. The summed E-state index contributed by atoms with van der Waals surface area (Å²) in [5.41, 5.74) is 0.244. The van der Waals surface area contributed by atoms with Gasteiger partial charge >= 0.3 is 11.9 Å². The Bertz CT molecular complexity index is 451. The van der Waals surface area contributed by atoms with Crippen LogP contribution in [0.15, 0.2) is 36.9 Å². The van der Waals surface area contributed by atoms with Gasteiger partial charge in [0.05, 0.1) is 5.56 Å². The van der Waals surface area contributed by atoms with Crippen molar-refractivity contribution in [2.24, 2.45) is 0 Å². The first-order valence-corrected chi connectivity index (χ1v) is 5.46. The second-order valence-electron chi connectivity index (χ2n) is 3.63. The van der Waals surface area contributed by atoms with Crippen molar-refractivity contribution in [1.82, 2.24) is 0 Å². The number of esters is 2. The quantitative estimate of drug-likeness (QED) is 0.579. The van der Waals surface area contributed by atoms with Crippen molar-refractivity contribution in [1.29, 1.82) is 0 Å². The number of phenolic OH excluding ortho intramolecular Hbond substituents is 1. The number of rotatable bonds is 6. The Hall–Kier alpha value is -2.34. The number of benzene rings is 1. The Labute approximate surface area is 109 Å². The number of aliphatic hydroxyl groups is 1. The predicted molar refractivity (Wildman–Crippen MR) is 65.6 cm³/mol. The fraction of sp³-hybridized carbons (Fsp3) is 0.231. The van der Waals surface area contributed by atoms with Crippen LogP contribution in [-0.2, 0) is 14.3 Å². The smallest absolute Gasteiger partial charge is 0.338 e. The van der Waals surface area contributed by atoms with Crippen LogP contribution in [0.3, 0.4) is 0 Å². The first-order valence-electron chi connectivity index (χ1n) is 5.46. The van der Waals surface area contributed by atoms with E-state index in [0.29, 0.717) is 0 Å². The highest BCUT2D eigenvalue weighted by Crippen LogP contribution is 2.10. The summed E-state index contributed by atoms with van der Waals surface area (Å²) in [4.78, 5) is 22.2. The minimum absolute atomic E-state index is 0.0351. The SMILES string of the molecule is C=CC(=O)OCC(O)COC(=O)c1ccc(O)cc1. The molecule has 6 heteroatoms. The number of hydrogen-bond acceptors (Lipinski definition) is 6. The molecule has 0 saturated heterocycles. The summed E-state index contributed by atoms with van der Waals surface area (Å²) in [6, 6.07) is 5.47. The molecule has 102 valence electrons. The fourth-order valence-electron chi connectivity index (χ4n) is 1.14. The van der Waals surface area contributed by atoms with Crippen molar-refractivity contribution in [2.75, 3.05) is 13.2 Å². The maximum atomic E-state index is 11.5. The molecule has 0 aliphatic heterocycles. The Balaban J connectivity index is 2.35. The molecule has 1 rings (SSSR count).